The molecule has 0 saturated carbocycles. The highest BCUT2D eigenvalue weighted by Crippen LogP contribution is 2.25. The maximum absolute atomic E-state index is 10.7. The van der Waals surface area contributed by atoms with Gasteiger partial charge >= 0.3 is 0 Å². The summed E-state index contributed by atoms with van der Waals surface area (Å²) >= 11 is 0. The maximum Gasteiger partial charge on any atom is 0.0942 e. The third-order valence-electron chi connectivity index (χ3n) is 4.92. The first-order valence-corrected chi connectivity index (χ1v) is 8.20. The largest absolute Gasteiger partial charge is 0.387 e. The highest BCUT2D eigenvalue weighted by atomic mass is 16.3. The second-order valence-corrected chi connectivity index (χ2v) is 6.54. The zero-order valence-corrected chi connectivity index (χ0v) is 13.9. The fourth-order valence-electron chi connectivity index (χ4n) is 3.20. The number of aryl methyl sites for hydroxylation is 1. The monoisotopic (exact) mass is 290 g/mol. The molecule has 21 heavy (non-hydrogen) atoms. The Kier molecular flexibility index (Phi) is 5.80. The minimum Gasteiger partial charge on any atom is -0.387 e. The van der Waals surface area contributed by atoms with Crippen LogP contribution in [0.2, 0.25) is 0 Å². The highest BCUT2D eigenvalue weighted by Gasteiger charge is 2.28. The van der Waals surface area contributed by atoms with Crippen LogP contribution in [0.15, 0.2) is 24.3 Å². The average Bonchev–Trinajstić information content (AvgIpc) is 2.53. The van der Waals surface area contributed by atoms with Gasteiger partial charge in [-0.1, -0.05) is 31.2 Å². The highest BCUT2D eigenvalue weighted by molar-refractivity contribution is 5.25. The van der Waals surface area contributed by atoms with Gasteiger partial charge in [0.15, 0.2) is 0 Å². The molecule has 1 heterocycles. The third-order valence-corrected chi connectivity index (χ3v) is 4.92. The number of aliphatic hydroxyl groups excluding tert-OH is 1. The summed E-state index contributed by atoms with van der Waals surface area (Å²) in [7, 11) is 4.30. The number of benzene rings is 1. The average molecular weight is 290 g/mol. The fraction of sp³-hybridized carbons (Fsp3) is 0.667. The Morgan fingerprint density at radius 1 is 1.29 bits per heavy atom. The Balaban J connectivity index is 2.02. The van der Waals surface area contributed by atoms with E-state index in [2.05, 4.69) is 62.0 Å². The molecule has 0 spiro atoms. The van der Waals surface area contributed by atoms with E-state index in [0.717, 1.165) is 25.1 Å². The predicted molar refractivity (Wildman–Crippen MR) is 88.5 cm³/mol. The second kappa shape index (κ2) is 7.39. The summed E-state index contributed by atoms with van der Waals surface area (Å²) in [6, 6.07) is 9.19. The van der Waals surface area contributed by atoms with Crippen LogP contribution < -0.4 is 0 Å². The van der Waals surface area contributed by atoms with Crippen LogP contribution in [0.5, 0.6) is 0 Å². The van der Waals surface area contributed by atoms with Crippen molar-refractivity contribution in [2.45, 2.75) is 51.3 Å². The van der Waals surface area contributed by atoms with Crippen molar-refractivity contribution >= 4 is 0 Å². The summed E-state index contributed by atoms with van der Waals surface area (Å²) in [4.78, 5) is 4.74. The van der Waals surface area contributed by atoms with Gasteiger partial charge in [-0.25, -0.2) is 0 Å². The lowest BCUT2D eigenvalue weighted by Crippen LogP contribution is -2.49. The summed E-state index contributed by atoms with van der Waals surface area (Å²) < 4.78 is 0. The van der Waals surface area contributed by atoms with E-state index < -0.39 is 6.10 Å². The Morgan fingerprint density at radius 3 is 2.52 bits per heavy atom. The first-order chi connectivity index (χ1) is 10.0. The van der Waals surface area contributed by atoms with Gasteiger partial charge in [0, 0.05) is 18.6 Å². The summed E-state index contributed by atoms with van der Waals surface area (Å²) in [5.41, 5.74) is 2.36. The van der Waals surface area contributed by atoms with E-state index in [1.54, 1.807) is 0 Å². The number of hydrogen-bond acceptors (Lipinski definition) is 3. The molecule has 1 saturated heterocycles. The van der Waals surface area contributed by atoms with Crippen LogP contribution in [-0.2, 0) is 6.42 Å². The fourth-order valence-corrected chi connectivity index (χ4v) is 3.20. The molecule has 1 aliphatic heterocycles. The summed E-state index contributed by atoms with van der Waals surface area (Å²) in [5.74, 6) is 0. The lowest BCUT2D eigenvalue weighted by molar-refractivity contribution is 0.0253. The van der Waals surface area contributed by atoms with Gasteiger partial charge in [-0.2, -0.15) is 0 Å². The lowest BCUT2D eigenvalue weighted by Gasteiger charge is -2.40. The molecule has 1 N–H and O–H groups in total. The molecule has 3 atom stereocenters. The lowest BCUT2D eigenvalue weighted by atomic mass is 9.97. The molecule has 0 bridgehead atoms. The Bertz CT molecular complexity index is 429. The first-order valence-electron chi connectivity index (χ1n) is 8.20. The van der Waals surface area contributed by atoms with E-state index in [1.165, 1.54) is 18.4 Å². The van der Waals surface area contributed by atoms with Crippen molar-refractivity contribution in [2.24, 2.45) is 0 Å². The Hall–Kier alpha value is -0.900. The first kappa shape index (κ1) is 16.5. The van der Waals surface area contributed by atoms with E-state index in [9.17, 15) is 5.11 Å². The summed E-state index contributed by atoms with van der Waals surface area (Å²) in [5, 5.41) is 10.7. The van der Waals surface area contributed by atoms with Crippen molar-refractivity contribution in [3.8, 4) is 0 Å². The zero-order valence-electron chi connectivity index (χ0n) is 13.9. The van der Waals surface area contributed by atoms with Crippen LogP contribution in [0.25, 0.3) is 0 Å². The van der Waals surface area contributed by atoms with Crippen molar-refractivity contribution in [1.29, 1.82) is 0 Å². The van der Waals surface area contributed by atoms with Gasteiger partial charge in [0.25, 0.3) is 0 Å². The smallest absolute Gasteiger partial charge is 0.0942 e. The van der Waals surface area contributed by atoms with Gasteiger partial charge in [-0.05, 0) is 58.0 Å². The van der Waals surface area contributed by atoms with Crippen molar-refractivity contribution in [2.75, 3.05) is 27.2 Å². The van der Waals surface area contributed by atoms with Crippen molar-refractivity contribution in [3.63, 3.8) is 0 Å². The van der Waals surface area contributed by atoms with Crippen LogP contribution in [0.1, 0.15) is 43.9 Å². The molecular formula is C18H30N2O. The quantitative estimate of drug-likeness (QED) is 0.903. The van der Waals surface area contributed by atoms with Crippen LogP contribution in [0.4, 0.5) is 0 Å². The number of nitrogens with zero attached hydrogens (tertiary/aromatic N) is 2. The van der Waals surface area contributed by atoms with Crippen LogP contribution in [0.3, 0.4) is 0 Å². The standard InChI is InChI=1S/C18H30N2O/c1-5-15-8-10-16(11-9-15)18(21)14(2)20-12-6-7-17(13-20)19(3)4/h8-11,14,17-18,21H,5-7,12-13H2,1-4H3. The van der Waals surface area contributed by atoms with Gasteiger partial charge in [0.2, 0.25) is 0 Å². The number of likely N-dealkylation sites (tertiary alicyclic amines) is 1. The minimum absolute atomic E-state index is 0.167. The zero-order chi connectivity index (χ0) is 15.4. The third kappa shape index (κ3) is 4.06. The SMILES string of the molecule is CCc1ccc(C(O)C(C)N2CCCC(N(C)C)C2)cc1. The molecule has 118 valence electrons. The van der Waals surface area contributed by atoms with Gasteiger partial charge in [-0.15, -0.1) is 0 Å². The Labute approximate surface area is 129 Å². The molecule has 0 amide bonds. The van der Waals surface area contributed by atoms with Crippen LogP contribution >= 0.6 is 0 Å². The summed E-state index contributed by atoms with van der Waals surface area (Å²) in [6.07, 6.45) is 3.12. The van der Waals surface area contributed by atoms with Crippen molar-refractivity contribution in [3.05, 3.63) is 35.4 Å². The van der Waals surface area contributed by atoms with Crippen LogP contribution in [0, 0.1) is 0 Å². The predicted octanol–water partition coefficient (Wildman–Crippen LogP) is 2.70. The van der Waals surface area contributed by atoms with E-state index in [4.69, 9.17) is 0 Å². The van der Waals surface area contributed by atoms with E-state index >= 15 is 0 Å². The molecule has 3 heteroatoms. The van der Waals surface area contributed by atoms with E-state index in [-0.39, 0.29) is 6.04 Å². The minimum atomic E-state index is -0.406. The number of aliphatic hydroxyl groups is 1. The Morgan fingerprint density at radius 2 is 1.95 bits per heavy atom. The molecule has 1 aromatic carbocycles. The maximum atomic E-state index is 10.7. The van der Waals surface area contributed by atoms with Crippen molar-refractivity contribution in [1.82, 2.24) is 9.80 Å². The molecule has 2 rings (SSSR count). The van der Waals surface area contributed by atoms with Crippen LogP contribution in [-0.4, -0.2) is 54.2 Å². The van der Waals surface area contributed by atoms with Gasteiger partial charge in [0.1, 0.15) is 0 Å². The van der Waals surface area contributed by atoms with Gasteiger partial charge in [-0.3, -0.25) is 4.90 Å². The normalized spacial score (nSPS) is 23.2. The molecule has 1 aromatic rings. The second-order valence-electron chi connectivity index (χ2n) is 6.54. The number of hydrogen-bond donors (Lipinski definition) is 1. The topological polar surface area (TPSA) is 26.7 Å². The molecule has 3 nitrogen and oxygen atoms in total. The molecule has 0 aromatic heterocycles. The molecular weight excluding hydrogens is 260 g/mol. The molecule has 1 aliphatic rings. The van der Waals surface area contributed by atoms with E-state index in [0.29, 0.717) is 6.04 Å². The van der Waals surface area contributed by atoms with Crippen molar-refractivity contribution < 1.29 is 5.11 Å². The number of rotatable bonds is 5. The molecule has 0 aliphatic carbocycles. The number of likely N-dealkylation sites (N-methyl/N-ethyl adjacent to an activating group) is 1. The number of piperidine rings is 1. The molecule has 1 fully saturated rings. The summed E-state index contributed by atoms with van der Waals surface area (Å²) in [6.45, 7) is 6.45. The van der Waals surface area contributed by atoms with Gasteiger partial charge in [0.05, 0.1) is 6.10 Å². The van der Waals surface area contributed by atoms with E-state index in [1.807, 2.05) is 0 Å². The molecule has 3 unspecified atom stereocenters. The molecule has 0 radical (unpaired) electrons. The van der Waals surface area contributed by atoms with Gasteiger partial charge < -0.3 is 10.0 Å².